The lowest BCUT2D eigenvalue weighted by atomic mass is 10.1. The van der Waals surface area contributed by atoms with Crippen molar-refractivity contribution in [3.05, 3.63) is 71.8 Å². The molecule has 14 nitrogen and oxygen atoms in total. The van der Waals surface area contributed by atoms with Gasteiger partial charge in [-0.05, 0) is 72.5 Å². The molecule has 0 fully saturated rings. The maximum Gasteiger partial charge on any atom is 0.253 e. The fourth-order valence-electron chi connectivity index (χ4n) is 5.13. The fraction of sp³-hybridized carbons (Fsp3) is 0.368. The van der Waals surface area contributed by atoms with E-state index in [0.717, 1.165) is 0 Å². The van der Waals surface area contributed by atoms with E-state index in [1.807, 2.05) is 0 Å². The van der Waals surface area contributed by atoms with Crippen LogP contribution in [0.4, 0.5) is 0 Å². The predicted molar refractivity (Wildman–Crippen MR) is 191 cm³/mol. The van der Waals surface area contributed by atoms with Crippen LogP contribution < -0.4 is 28.4 Å². The molecule has 0 aromatic heterocycles. The molecule has 14 heteroatoms. The van der Waals surface area contributed by atoms with Gasteiger partial charge >= 0.3 is 0 Å². The first kappa shape index (κ1) is 39.2. The molecule has 0 spiro atoms. The highest BCUT2D eigenvalue weighted by molar-refractivity contribution is 6.07. The normalized spacial score (nSPS) is 14.3. The molecule has 4 amide bonds. The van der Waals surface area contributed by atoms with Crippen LogP contribution in [0.15, 0.2) is 60.7 Å². The second-order valence-electron chi connectivity index (χ2n) is 11.1. The quantitative estimate of drug-likeness (QED) is 0.153. The molecule has 0 aliphatic carbocycles. The van der Waals surface area contributed by atoms with Gasteiger partial charge in [0.2, 0.25) is 11.5 Å². The number of carbonyl (C=O) groups excluding carboxylic acids is 4. The van der Waals surface area contributed by atoms with Crippen LogP contribution in [0.3, 0.4) is 0 Å². The van der Waals surface area contributed by atoms with Crippen molar-refractivity contribution in [3.63, 3.8) is 0 Å². The number of carbonyl (C=O) groups is 4. The number of hydrogen-bond acceptors (Lipinski definition) is 12. The molecule has 278 valence electrons. The van der Waals surface area contributed by atoms with E-state index in [4.69, 9.17) is 37.9 Å². The molecule has 0 saturated carbocycles. The Balaban J connectivity index is 1.18. The topological polar surface area (TPSA) is 149 Å². The first-order valence-corrected chi connectivity index (χ1v) is 16.6. The van der Waals surface area contributed by atoms with E-state index in [0.29, 0.717) is 84.8 Å². The first-order chi connectivity index (χ1) is 25.3. The smallest absolute Gasteiger partial charge is 0.253 e. The average molecular weight is 721 g/mol. The molecule has 0 radical (unpaired) electrons. The largest absolute Gasteiger partial charge is 0.493 e. The van der Waals surface area contributed by atoms with Gasteiger partial charge in [0.15, 0.2) is 23.0 Å². The van der Waals surface area contributed by atoms with Crippen LogP contribution in [0.25, 0.3) is 12.2 Å². The summed E-state index contributed by atoms with van der Waals surface area (Å²) in [6.45, 7) is 2.28. The molecule has 0 unspecified atom stereocenters. The number of ether oxygens (including phenoxy) is 8. The van der Waals surface area contributed by atoms with E-state index in [1.165, 1.54) is 62.5 Å². The Labute approximate surface area is 302 Å². The SMILES string of the molecule is COc1cc(/C=C/C(=O)N2CCC=CC2=O)cc(OC)c1OCCOCCOCCOc1c(OC)cc(/C=C/C(=O)N2CCC=CC2=O)cc1OC. The summed E-state index contributed by atoms with van der Waals surface area (Å²) < 4.78 is 45.1. The van der Waals surface area contributed by atoms with Crippen LogP contribution in [-0.2, 0) is 28.7 Å². The summed E-state index contributed by atoms with van der Waals surface area (Å²) >= 11 is 0. The molecule has 0 N–H and O–H groups in total. The van der Waals surface area contributed by atoms with E-state index in [2.05, 4.69) is 0 Å². The Bertz CT molecular complexity index is 1520. The van der Waals surface area contributed by atoms with Gasteiger partial charge < -0.3 is 37.9 Å². The van der Waals surface area contributed by atoms with Crippen molar-refractivity contribution in [1.82, 2.24) is 9.80 Å². The van der Waals surface area contributed by atoms with Crippen molar-refractivity contribution in [1.29, 1.82) is 0 Å². The maximum absolute atomic E-state index is 12.5. The minimum atomic E-state index is -0.404. The van der Waals surface area contributed by atoms with Gasteiger partial charge in [-0.3, -0.25) is 29.0 Å². The molecule has 2 aromatic rings. The summed E-state index contributed by atoms with van der Waals surface area (Å²) in [6, 6.07) is 6.81. The zero-order chi connectivity index (χ0) is 37.3. The predicted octanol–water partition coefficient (Wildman–Crippen LogP) is 3.87. The molecule has 0 bridgehead atoms. The molecule has 2 aromatic carbocycles. The van der Waals surface area contributed by atoms with Crippen molar-refractivity contribution >= 4 is 35.8 Å². The van der Waals surface area contributed by atoms with Gasteiger partial charge in [0.1, 0.15) is 13.2 Å². The zero-order valence-corrected chi connectivity index (χ0v) is 29.8. The molecule has 52 heavy (non-hydrogen) atoms. The van der Waals surface area contributed by atoms with E-state index in [9.17, 15) is 19.2 Å². The average Bonchev–Trinajstić information content (AvgIpc) is 3.16. The van der Waals surface area contributed by atoms with Crippen LogP contribution in [-0.4, -0.2) is 115 Å². The molecular weight excluding hydrogens is 676 g/mol. The van der Waals surface area contributed by atoms with E-state index >= 15 is 0 Å². The minimum Gasteiger partial charge on any atom is -0.493 e. The summed E-state index contributed by atoms with van der Waals surface area (Å²) in [5.74, 6) is 0.920. The molecule has 4 rings (SSSR count). The third-order valence-corrected chi connectivity index (χ3v) is 7.75. The third kappa shape index (κ3) is 10.9. The van der Waals surface area contributed by atoms with Gasteiger partial charge in [0.05, 0.1) is 54.9 Å². The van der Waals surface area contributed by atoms with Crippen LogP contribution >= 0.6 is 0 Å². The standard InChI is InChI=1S/C38H44N2O12/c1-45-29-23-27(11-13-35(43)39-15-7-5-9-33(39)41)24-30(46-2)37(29)51-21-19-49-17-18-50-20-22-52-38-31(47-3)25-28(26-32(38)48-4)12-14-36(44)40-16-8-6-10-34(40)42/h5-6,9-14,23-26H,7-8,15-22H2,1-4H3/b13-11+,14-12+. The number of rotatable bonds is 19. The van der Waals surface area contributed by atoms with Gasteiger partial charge in [-0.15, -0.1) is 0 Å². The van der Waals surface area contributed by atoms with Gasteiger partial charge in [0, 0.05) is 25.2 Å². The highest BCUT2D eigenvalue weighted by Gasteiger charge is 2.21. The lowest BCUT2D eigenvalue weighted by Crippen LogP contribution is -2.37. The monoisotopic (exact) mass is 720 g/mol. The Morgan fingerprint density at radius 1 is 0.577 bits per heavy atom. The highest BCUT2D eigenvalue weighted by Crippen LogP contribution is 2.40. The first-order valence-electron chi connectivity index (χ1n) is 16.6. The number of imide groups is 2. The molecule has 2 aliphatic rings. The lowest BCUT2D eigenvalue weighted by Gasteiger charge is -2.19. The summed E-state index contributed by atoms with van der Waals surface area (Å²) in [5, 5.41) is 0. The summed E-state index contributed by atoms with van der Waals surface area (Å²) in [5.41, 5.74) is 1.26. The number of hydrogen-bond donors (Lipinski definition) is 0. The Hall–Kier alpha value is -5.60. The van der Waals surface area contributed by atoms with E-state index < -0.39 is 11.8 Å². The van der Waals surface area contributed by atoms with Gasteiger partial charge in [-0.2, -0.15) is 0 Å². The number of amides is 4. The van der Waals surface area contributed by atoms with E-state index in [1.54, 1.807) is 48.6 Å². The second-order valence-corrected chi connectivity index (χ2v) is 11.1. The van der Waals surface area contributed by atoms with Gasteiger partial charge in [-0.1, -0.05) is 12.2 Å². The Kier molecular flexibility index (Phi) is 15.3. The highest BCUT2D eigenvalue weighted by atomic mass is 16.6. The third-order valence-electron chi connectivity index (χ3n) is 7.75. The van der Waals surface area contributed by atoms with Gasteiger partial charge in [0.25, 0.3) is 23.6 Å². The Morgan fingerprint density at radius 2 is 0.923 bits per heavy atom. The van der Waals surface area contributed by atoms with Gasteiger partial charge in [-0.25, -0.2) is 0 Å². The number of nitrogens with zero attached hydrogens (tertiary/aromatic N) is 2. The molecule has 2 aliphatic heterocycles. The summed E-state index contributed by atoms with van der Waals surface area (Å²) in [7, 11) is 6.00. The van der Waals surface area contributed by atoms with Crippen molar-refractivity contribution in [3.8, 4) is 34.5 Å². The fourth-order valence-corrected chi connectivity index (χ4v) is 5.13. The number of benzene rings is 2. The van der Waals surface area contributed by atoms with Crippen LogP contribution in [0.5, 0.6) is 34.5 Å². The van der Waals surface area contributed by atoms with Crippen molar-refractivity contribution in [2.24, 2.45) is 0 Å². The van der Waals surface area contributed by atoms with E-state index in [-0.39, 0.29) is 38.2 Å². The second kappa shape index (κ2) is 20.3. The molecule has 2 heterocycles. The zero-order valence-electron chi connectivity index (χ0n) is 29.8. The van der Waals surface area contributed by atoms with Crippen LogP contribution in [0, 0.1) is 0 Å². The Morgan fingerprint density at radius 3 is 1.25 bits per heavy atom. The molecule has 0 saturated heterocycles. The molecule has 0 atom stereocenters. The number of methoxy groups -OCH3 is 4. The maximum atomic E-state index is 12.5. The van der Waals surface area contributed by atoms with Crippen molar-refractivity contribution in [2.45, 2.75) is 12.8 Å². The summed E-state index contributed by atoms with van der Waals surface area (Å²) in [6.07, 6.45) is 13.4. The van der Waals surface area contributed by atoms with Crippen LogP contribution in [0.2, 0.25) is 0 Å². The minimum absolute atomic E-state index is 0.209. The van der Waals surface area contributed by atoms with Crippen molar-refractivity contribution < 1.29 is 57.1 Å². The lowest BCUT2D eigenvalue weighted by molar-refractivity contribution is -0.140. The van der Waals surface area contributed by atoms with Crippen LogP contribution in [0.1, 0.15) is 24.0 Å². The molecular formula is C38H44N2O12. The van der Waals surface area contributed by atoms with Crippen molar-refractivity contribution in [2.75, 3.05) is 81.2 Å². The summed E-state index contributed by atoms with van der Waals surface area (Å²) in [4.78, 5) is 51.3.